The van der Waals surface area contributed by atoms with Gasteiger partial charge in [0.1, 0.15) is 17.3 Å². The maximum Gasteiger partial charge on any atom is 0.191 e. The van der Waals surface area contributed by atoms with E-state index >= 15 is 0 Å². The second-order valence-corrected chi connectivity index (χ2v) is 7.85. The predicted octanol–water partition coefficient (Wildman–Crippen LogP) is 3.36. The van der Waals surface area contributed by atoms with Crippen LogP contribution in [-0.4, -0.2) is 50.6 Å². The van der Waals surface area contributed by atoms with Gasteiger partial charge in [0.05, 0.1) is 6.54 Å². The average molecular weight is 416 g/mol. The van der Waals surface area contributed by atoms with Gasteiger partial charge in [0.2, 0.25) is 0 Å². The first-order chi connectivity index (χ1) is 14.5. The molecule has 1 atom stereocenters. The summed E-state index contributed by atoms with van der Waals surface area (Å²) in [5.74, 6) is -0.319. The van der Waals surface area contributed by atoms with Gasteiger partial charge in [-0.15, -0.1) is 0 Å². The van der Waals surface area contributed by atoms with E-state index in [1.165, 1.54) is 29.3 Å². The van der Waals surface area contributed by atoms with Crippen molar-refractivity contribution in [1.82, 2.24) is 15.5 Å². The lowest BCUT2D eigenvalue weighted by molar-refractivity contribution is 0.401. The second-order valence-electron chi connectivity index (χ2n) is 7.85. The maximum absolute atomic E-state index is 14.1. The molecule has 2 N–H and O–H groups in total. The van der Waals surface area contributed by atoms with E-state index in [0.717, 1.165) is 25.5 Å². The number of hydrogen-bond donors (Lipinski definition) is 2. The zero-order chi connectivity index (χ0) is 21.5. The van der Waals surface area contributed by atoms with E-state index in [1.807, 2.05) is 19.1 Å². The fraction of sp³-hybridized carbons (Fsp3) is 0.435. The summed E-state index contributed by atoms with van der Waals surface area (Å²) in [4.78, 5) is 8.66. The van der Waals surface area contributed by atoms with Gasteiger partial charge in [-0.2, -0.15) is 0 Å². The van der Waals surface area contributed by atoms with Crippen LogP contribution in [0.1, 0.15) is 24.5 Å². The number of guanidine groups is 1. The van der Waals surface area contributed by atoms with E-state index in [4.69, 9.17) is 4.99 Å². The monoisotopic (exact) mass is 415 g/mol. The SMILES string of the molecule is CCNC(=NCc1ccccc1CN(C)C)NC1CCN(c2c(F)cccc2F)C1. The molecule has 30 heavy (non-hydrogen) atoms. The van der Waals surface area contributed by atoms with Crippen molar-refractivity contribution >= 4 is 11.6 Å². The van der Waals surface area contributed by atoms with E-state index in [-0.39, 0.29) is 11.7 Å². The zero-order valence-corrected chi connectivity index (χ0v) is 18.0. The molecular weight excluding hydrogens is 384 g/mol. The fourth-order valence-electron chi connectivity index (χ4n) is 3.76. The van der Waals surface area contributed by atoms with E-state index in [2.05, 4.69) is 41.8 Å². The highest BCUT2D eigenvalue weighted by Gasteiger charge is 2.27. The van der Waals surface area contributed by atoms with E-state index in [0.29, 0.717) is 19.6 Å². The summed E-state index contributed by atoms with van der Waals surface area (Å²) >= 11 is 0. The van der Waals surface area contributed by atoms with E-state index in [1.54, 1.807) is 4.90 Å². The number of nitrogens with zero attached hydrogens (tertiary/aromatic N) is 3. The van der Waals surface area contributed by atoms with Crippen molar-refractivity contribution in [3.8, 4) is 0 Å². The van der Waals surface area contributed by atoms with Crippen LogP contribution in [0.3, 0.4) is 0 Å². The summed E-state index contributed by atoms with van der Waals surface area (Å²) in [5.41, 5.74) is 2.50. The van der Waals surface area contributed by atoms with Crippen LogP contribution in [0.5, 0.6) is 0 Å². The molecule has 162 valence electrons. The molecule has 1 fully saturated rings. The minimum atomic E-state index is -0.520. The van der Waals surface area contributed by atoms with Gasteiger partial charge in [0.25, 0.3) is 0 Å². The number of anilines is 1. The van der Waals surface area contributed by atoms with Gasteiger partial charge in [-0.25, -0.2) is 13.8 Å². The molecule has 0 aliphatic carbocycles. The third-order valence-corrected chi connectivity index (χ3v) is 5.14. The third kappa shape index (κ3) is 5.69. The van der Waals surface area contributed by atoms with Crippen LogP contribution in [0.4, 0.5) is 14.5 Å². The maximum atomic E-state index is 14.1. The minimum Gasteiger partial charge on any atom is -0.365 e. The predicted molar refractivity (Wildman–Crippen MR) is 119 cm³/mol. The van der Waals surface area contributed by atoms with Crippen molar-refractivity contribution in [1.29, 1.82) is 0 Å². The quantitative estimate of drug-likeness (QED) is 0.538. The molecule has 0 bridgehead atoms. The smallest absolute Gasteiger partial charge is 0.191 e. The molecule has 2 aromatic carbocycles. The van der Waals surface area contributed by atoms with Crippen molar-refractivity contribution in [3.63, 3.8) is 0 Å². The van der Waals surface area contributed by atoms with Crippen molar-refractivity contribution in [2.24, 2.45) is 4.99 Å². The Hall–Kier alpha value is -2.67. The van der Waals surface area contributed by atoms with Gasteiger partial charge in [0.15, 0.2) is 5.96 Å². The van der Waals surface area contributed by atoms with Crippen LogP contribution in [0.2, 0.25) is 0 Å². The molecule has 5 nitrogen and oxygen atoms in total. The Kier molecular flexibility index (Phi) is 7.63. The summed E-state index contributed by atoms with van der Waals surface area (Å²) in [5, 5.41) is 6.71. The van der Waals surface area contributed by atoms with Crippen molar-refractivity contribution < 1.29 is 8.78 Å². The Balaban J connectivity index is 1.67. The molecule has 0 radical (unpaired) electrons. The molecule has 0 aromatic heterocycles. The molecule has 0 amide bonds. The van der Waals surface area contributed by atoms with Crippen LogP contribution in [0.25, 0.3) is 0 Å². The molecular formula is C23H31F2N5. The molecule has 3 rings (SSSR count). The fourth-order valence-corrected chi connectivity index (χ4v) is 3.76. The lowest BCUT2D eigenvalue weighted by Gasteiger charge is -2.21. The molecule has 1 aliphatic heterocycles. The lowest BCUT2D eigenvalue weighted by Crippen LogP contribution is -2.44. The summed E-state index contributed by atoms with van der Waals surface area (Å²) < 4.78 is 28.2. The number of para-hydroxylation sites is 1. The number of rotatable bonds is 7. The van der Waals surface area contributed by atoms with Gasteiger partial charge in [0, 0.05) is 32.2 Å². The number of hydrogen-bond acceptors (Lipinski definition) is 3. The van der Waals surface area contributed by atoms with E-state index < -0.39 is 11.6 Å². The highest BCUT2D eigenvalue weighted by atomic mass is 19.1. The first-order valence-corrected chi connectivity index (χ1v) is 10.4. The number of halogens is 2. The van der Waals surface area contributed by atoms with Gasteiger partial charge < -0.3 is 20.4 Å². The topological polar surface area (TPSA) is 42.9 Å². The highest BCUT2D eigenvalue weighted by molar-refractivity contribution is 5.80. The van der Waals surface area contributed by atoms with Gasteiger partial charge in [-0.05, 0) is 50.7 Å². The normalized spacial score (nSPS) is 16.9. The summed E-state index contributed by atoms with van der Waals surface area (Å²) in [7, 11) is 4.10. The largest absolute Gasteiger partial charge is 0.365 e. The minimum absolute atomic E-state index is 0.0568. The average Bonchev–Trinajstić information content (AvgIpc) is 3.15. The Labute approximate surface area is 177 Å². The summed E-state index contributed by atoms with van der Waals surface area (Å²) in [6.45, 7) is 5.32. The number of benzene rings is 2. The molecule has 0 spiro atoms. The zero-order valence-electron chi connectivity index (χ0n) is 18.0. The van der Waals surface area contributed by atoms with Crippen molar-refractivity contribution in [2.45, 2.75) is 32.5 Å². The van der Waals surface area contributed by atoms with Crippen LogP contribution in [0.15, 0.2) is 47.5 Å². The Morgan fingerprint density at radius 1 is 1.10 bits per heavy atom. The Morgan fingerprint density at radius 2 is 1.80 bits per heavy atom. The van der Waals surface area contributed by atoms with Crippen LogP contribution < -0.4 is 15.5 Å². The number of aliphatic imine (C=N–C) groups is 1. The number of nitrogens with one attached hydrogen (secondary N) is 2. The van der Waals surface area contributed by atoms with Crippen molar-refractivity contribution in [3.05, 3.63) is 65.2 Å². The third-order valence-electron chi connectivity index (χ3n) is 5.14. The molecule has 1 heterocycles. The highest BCUT2D eigenvalue weighted by Crippen LogP contribution is 2.26. The summed E-state index contributed by atoms with van der Waals surface area (Å²) in [6, 6.07) is 12.4. The first-order valence-electron chi connectivity index (χ1n) is 10.4. The Bertz CT molecular complexity index is 848. The Morgan fingerprint density at radius 3 is 2.47 bits per heavy atom. The first kappa shape index (κ1) is 22.0. The molecule has 0 saturated carbocycles. The van der Waals surface area contributed by atoms with Gasteiger partial charge in [-0.1, -0.05) is 30.3 Å². The van der Waals surface area contributed by atoms with Gasteiger partial charge >= 0.3 is 0 Å². The van der Waals surface area contributed by atoms with Crippen LogP contribution >= 0.6 is 0 Å². The summed E-state index contributed by atoms with van der Waals surface area (Å²) in [6.07, 6.45) is 0.787. The van der Waals surface area contributed by atoms with Crippen molar-refractivity contribution in [2.75, 3.05) is 38.6 Å². The molecule has 1 saturated heterocycles. The lowest BCUT2D eigenvalue weighted by atomic mass is 10.1. The second kappa shape index (κ2) is 10.4. The molecule has 1 unspecified atom stereocenters. The van der Waals surface area contributed by atoms with E-state index in [9.17, 15) is 8.78 Å². The standard InChI is InChI=1S/C23H31F2N5/c1-4-26-23(27-14-17-8-5-6-9-18(17)15-29(2)3)28-19-12-13-30(16-19)22-20(24)10-7-11-21(22)25/h5-11,19H,4,12-16H2,1-3H3,(H2,26,27,28). The molecule has 1 aliphatic rings. The van der Waals surface area contributed by atoms with Gasteiger partial charge in [-0.3, -0.25) is 0 Å². The molecule has 2 aromatic rings. The molecule has 7 heteroatoms. The van der Waals surface area contributed by atoms with Crippen LogP contribution in [0, 0.1) is 11.6 Å². The van der Waals surface area contributed by atoms with Crippen LogP contribution in [-0.2, 0) is 13.1 Å².